The number of hydrogen-bond acceptors (Lipinski definition) is 3. The molecule has 0 saturated heterocycles. The molecule has 0 saturated carbocycles. The number of alkyl halides is 2. The van der Waals surface area contributed by atoms with Crippen LogP contribution in [0.15, 0.2) is 35.2 Å². The third-order valence-corrected chi connectivity index (χ3v) is 3.50. The zero-order chi connectivity index (χ0) is 18.6. The van der Waals surface area contributed by atoms with Crippen molar-refractivity contribution in [1.82, 2.24) is 0 Å². The van der Waals surface area contributed by atoms with Gasteiger partial charge in [0, 0.05) is 16.6 Å². The van der Waals surface area contributed by atoms with Crippen molar-refractivity contribution in [2.24, 2.45) is 0 Å². The highest BCUT2D eigenvalue weighted by atomic mass is 32.2. The van der Waals surface area contributed by atoms with Crippen molar-refractivity contribution in [3.05, 3.63) is 53.6 Å². The maximum Gasteiger partial charge on any atom is 0.288 e. The van der Waals surface area contributed by atoms with Crippen LogP contribution in [0.4, 0.5) is 32.0 Å². The highest BCUT2D eigenvalue weighted by Crippen LogP contribution is 2.27. The third-order valence-electron chi connectivity index (χ3n) is 2.78. The number of nitrogens with one attached hydrogen (secondary N) is 1. The molecular weight excluding hydrogens is 372 g/mol. The molecule has 0 aromatic heterocycles. The molecule has 0 fully saturated rings. The minimum absolute atomic E-state index is 0.0105. The number of amides is 1. The molecule has 1 N–H and O–H groups in total. The topological polar surface area (TPSA) is 38.3 Å². The summed E-state index contributed by atoms with van der Waals surface area (Å²) in [5, 5.41) is 2.27. The SMILES string of the molecule is O=C(COc1c(F)c(F)cc(F)c1F)Nc1ccc(SC(F)F)cc1. The van der Waals surface area contributed by atoms with Gasteiger partial charge in [0.15, 0.2) is 24.0 Å². The fraction of sp³-hybridized carbons (Fsp3) is 0.133. The summed E-state index contributed by atoms with van der Waals surface area (Å²) in [6, 6.07) is 5.32. The monoisotopic (exact) mass is 381 g/mol. The van der Waals surface area contributed by atoms with Crippen LogP contribution in [0.5, 0.6) is 5.75 Å². The van der Waals surface area contributed by atoms with Gasteiger partial charge in [0.2, 0.25) is 11.6 Å². The number of carbonyl (C=O) groups excluding carboxylic acids is 1. The molecule has 0 radical (unpaired) electrons. The van der Waals surface area contributed by atoms with Gasteiger partial charge in [-0.1, -0.05) is 11.8 Å². The van der Waals surface area contributed by atoms with Crippen LogP contribution >= 0.6 is 11.8 Å². The van der Waals surface area contributed by atoms with Gasteiger partial charge in [0.25, 0.3) is 11.7 Å². The maximum absolute atomic E-state index is 13.4. The Bertz CT molecular complexity index is 743. The van der Waals surface area contributed by atoms with E-state index in [2.05, 4.69) is 10.1 Å². The summed E-state index contributed by atoms with van der Waals surface area (Å²) in [6.45, 7) is -0.926. The van der Waals surface area contributed by atoms with E-state index in [1.165, 1.54) is 24.3 Å². The Balaban J connectivity index is 1.97. The van der Waals surface area contributed by atoms with Crippen molar-refractivity contribution < 1.29 is 35.9 Å². The third kappa shape index (κ3) is 5.05. The number of rotatable bonds is 6. The second kappa shape index (κ2) is 8.15. The van der Waals surface area contributed by atoms with E-state index in [9.17, 15) is 31.1 Å². The first-order chi connectivity index (χ1) is 11.8. The van der Waals surface area contributed by atoms with Crippen molar-refractivity contribution >= 4 is 23.4 Å². The van der Waals surface area contributed by atoms with Crippen molar-refractivity contribution in [2.75, 3.05) is 11.9 Å². The molecule has 2 aromatic carbocycles. The van der Waals surface area contributed by atoms with Gasteiger partial charge in [0.1, 0.15) is 0 Å². The van der Waals surface area contributed by atoms with Crippen LogP contribution in [0.1, 0.15) is 0 Å². The average molecular weight is 381 g/mol. The number of ether oxygens (including phenoxy) is 1. The van der Waals surface area contributed by atoms with E-state index < -0.39 is 47.3 Å². The zero-order valence-corrected chi connectivity index (χ0v) is 13.0. The summed E-state index contributed by atoms with van der Waals surface area (Å²) in [6.07, 6.45) is 0. The zero-order valence-electron chi connectivity index (χ0n) is 12.2. The van der Waals surface area contributed by atoms with Crippen LogP contribution in [-0.2, 0) is 4.79 Å². The van der Waals surface area contributed by atoms with E-state index in [4.69, 9.17) is 0 Å². The van der Waals surface area contributed by atoms with Crippen LogP contribution in [0.3, 0.4) is 0 Å². The van der Waals surface area contributed by atoms with Crippen LogP contribution in [0.2, 0.25) is 0 Å². The summed E-state index contributed by atoms with van der Waals surface area (Å²) in [7, 11) is 0. The van der Waals surface area contributed by atoms with Gasteiger partial charge in [-0.2, -0.15) is 17.6 Å². The van der Waals surface area contributed by atoms with E-state index in [0.29, 0.717) is 11.8 Å². The van der Waals surface area contributed by atoms with Crippen molar-refractivity contribution in [3.63, 3.8) is 0 Å². The average Bonchev–Trinajstić information content (AvgIpc) is 2.54. The number of halogens is 6. The Labute approximate surface area is 142 Å². The quantitative estimate of drug-likeness (QED) is 0.452. The van der Waals surface area contributed by atoms with Gasteiger partial charge in [0.05, 0.1) is 0 Å². The minimum Gasteiger partial charge on any atom is -0.477 e. The molecule has 0 spiro atoms. The molecule has 2 rings (SSSR count). The van der Waals surface area contributed by atoms with Crippen molar-refractivity contribution in [1.29, 1.82) is 0 Å². The number of carbonyl (C=O) groups is 1. The normalized spacial score (nSPS) is 10.8. The van der Waals surface area contributed by atoms with Crippen LogP contribution in [-0.4, -0.2) is 18.3 Å². The maximum atomic E-state index is 13.4. The molecule has 0 bridgehead atoms. The molecular formula is C15H9F6NO2S. The van der Waals surface area contributed by atoms with E-state index in [1.807, 2.05) is 0 Å². The highest BCUT2D eigenvalue weighted by molar-refractivity contribution is 7.99. The molecule has 0 aliphatic carbocycles. The van der Waals surface area contributed by atoms with Gasteiger partial charge < -0.3 is 10.1 Å². The molecule has 10 heteroatoms. The Morgan fingerprint density at radius 2 is 1.60 bits per heavy atom. The summed E-state index contributed by atoms with van der Waals surface area (Å²) >= 11 is 0.314. The fourth-order valence-corrected chi connectivity index (χ4v) is 2.23. The first kappa shape index (κ1) is 19.0. The number of anilines is 1. The van der Waals surface area contributed by atoms with Crippen LogP contribution in [0, 0.1) is 23.3 Å². The number of thioether (sulfide) groups is 1. The second-order valence-electron chi connectivity index (χ2n) is 4.54. The molecule has 0 aliphatic heterocycles. The van der Waals surface area contributed by atoms with E-state index in [1.54, 1.807) is 0 Å². The van der Waals surface area contributed by atoms with Crippen molar-refractivity contribution in [3.8, 4) is 5.75 Å². The molecule has 0 aliphatic rings. The first-order valence-electron chi connectivity index (χ1n) is 6.58. The van der Waals surface area contributed by atoms with E-state index in [-0.39, 0.29) is 16.6 Å². The summed E-state index contributed by atoms with van der Waals surface area (Å²) < 4.78 is 81.6. The largest absolute Gasteiger partial charge is 0.477 e. The standard InChI is InChI=1S/C15H9F6NO2S/c16-9-5-10(17)13(19)14(12(9)18)24-6-11(23)22-7-1-3-8(4-2-7)25-15(20)21/h1-5,15H,6H2,(H,22,23). The predicted octanol–water partition coefficient (Wildman–Crippen LogP) is 4.58. The lowest BCUT2D eigenvalue weighted by atomic mass is 10.3. The fourth-order valence-electron chi connectivity index (χ4n) is 1.73. The van der Waals surface area contributed by atoms with Gasteiger partial charge in [-0.15, -0.1) is 0 Å². The molecule has 134 valence electrons. The van der Waals surface area contributed by atoms with Gasteiger partial charge in [-0.3, -0.25) is 4.79 Å². The Morgan fingerprint density at radius 3 is 2.12 bits per heavy atom. The van der Waals surface area contributed by atoms with Gasteiger partial charge >= 0.3 is 0 Å². The Hall–Kier alpha value is -2.36. The number of benzene rings is 2. The van der Waals surface area contributed by atoms with Gasteiger partial charge in [-0.05, 0) is 24.3 Å². The molecule has 25 heavy (non-hydrogen) atoms. The highest BCUT2D eigenvalue weighted by Gasteiger charge is 2.21. The molecule has 3 nitrogen and oxygen atoms in total. The lowest BCUT2D eigenvalue weighted by molar-refractivity contribution is -0.118. The van der Waals surface area contributed by atoms with E-state index in [0.717, 1.165) is 0 Å². The first-order valence-corrected chi connectivity index (χ1v) is 7.46. The summed E-state index contributed by atoms with van der Waals surface area (Å²) in [5.74, 6) is -11.7. The van der Waals surface area contributed by atoms with Crippen LogP contribution in [0.25, 0.3) is 0 Å². The van der Waals surface area contributed by atoms with Gasteiger partial charge in [-0.25, -0.2) is 8.78 Å². The van der Waals surface area contributed by atoms with E-state index >= 15 is 0 Å². The summed E-state index contributed by atoms with van der Waals surface area (Å²) in [5.41, 5.74) is 0.207. The lowest BCUT2D eigenvalue weighted by Crippen LogP contribution is -2.21. The Morgan fingerprint density at radius 1 is 1.04 bits per heavy atom. The lowest BCUT2D eigenvalue weighted by Gasteiger charge is -2.10. The minimum atomic E-state index is -2.59. The summed E-state index contributed by atoms with van der Waals surface area (Å²) in [4.78, 5) is 11.9. The molecule has 2 aromatic rings. The molecule has 0 atom stereocenters. The second-order valence-corrected chi connectivity index (χ2v) is 5.60. The molecule has 1 amide bonds. The molecule has 0 unspecified atom stereocenters. The van der Waals surface area contributed by atoms with Crippen molar-refractivity contribution in [2.45, 2.75) is 10.7 Å². The number of hydrogen-bond donors (Lipinski definition) is 1. The smallest absolute Gasteiger partial charge is 0.288 e. The van der Waals surface area contributed by atoms with Crippen LogP contribution < -0.4 is 10.1 Å². The predicted molar refractivity (Wildman–Crippen MR) is 78.7 cm³/mol. The Kier molecular flexibility index (Phi) is 6.18. The molecule has 0 heterocycles.